The Morgan fingerprint density at radius 2 is 2.07 bits per heavy atom. The lowest BCUT2D eigenvalue weighted by molar-refractivity contribution is -0.136. The normalized spacial score (nSPS) is 17.4. The maximum Gasteiger partial charge on any atom is 0.242 e. The summed E-state index contributed by atoms with van der Waals surface area (Å²) in [6.45, 7) is 4.17. The van der Waals surface area contributed by atoms with Crippen LogP contribution in [-0.4, -0.2) is 44.5 Å². The topological polar surface area (TPSA) is 60.2 Å². The van der Waals surface area contributed by atoms with Gasteiger partial charge in [0.1, 0.15) is 12.4 Å². The summed E-state index contributed by atoms with van der Waals surface area (Å²) in [6.07, 6.45) is 3.77. The van der Waals surface area contributed by atoms with Crippen LogP contribution in [0.25, 0.3) is 11.0 Å². The number of amides is 1. The van der Waals surface area contributed by atoms with E-state index in [1.54, 1.807) is 6.20 Å². The number of imidazole rings is 1. The third kappa shape index (κ3) is 4.01. The number of pyridine rings is 1. The van der Waals surface area contributed by atoms with Crippen molar-refractivity contribution in [2.45, 2.75) is 39.0 Å². The molecule has 0 radical (unpaired) electrons. The molecule has 1 aliphatic rings. The molecule has 4 rings (SSSR count). The highest BCUT2D eigenvalue weighted by molar-refractivity contribution is 5.81. The third-order valence-corrected chi connectivity index (χ3v) is 5.06. The van der Waals surface area contributed by atoms with Crippen LogP contribution in [0.15, 0.2) is 48.7 Å². The molecule has 140 valence electrons. The fraction of sp³-hybridized carbons (Fsp3) is 0.381. The molecule has 0 N–H and O–H groups in total. The average Bonchev–Trinajstić information content (AvgIpc) is 3.03. The van der Waals surface area contributed by atoms with E-state index in [4.69, 9.17) is 4.74 Å². The largest absolute Gasteiger partial charge is 0.370 e. The highest BCUT2D eigenvalue weighted by Gasteiger charge is 2.25. The molecule has 1 saturated heterocycles. The third-order valence-electron chi connectivity index (χ3n) is 5.06. The predicted octanol–water partition coefficient (Wildman–Crippen LogP) is 2.95. The quantitative estimate of drug-likeness (QED) is 0.698. The molecule has 1 amide bonds. The van der Waals surface area contributed by atoms with E-state index < -0.39 is 0 Å². The van der Waals surface area contributed by atoms with E-state index >= 15 is 0 Å². The van der Waals surface area contributed by atoms with Crippen LogP contribution in [0.3, 0.4) is 0 Å². The van der Waals surface area contributed by atoms with Crippen molar-refractivity contribution in [1.29, 1.82) is 0 Å². The first kappa shape index (κ1) is 17.7. The number of benzene rings is 1. The molecular formula is C21H24N4O2. The van der Waals surface area contributed by atoms with Crippen molar-refractivity contribution in [2.75, 3.05) is 13.1 Å². The van der Waals surface area contributed by atoms with Crippen molar-refractivity contribution in [2.24, 2.45) is 0 Å². The minimum atomic E-state index is 0.0605. The van der Waals surface area contributed by atoms with Crippen LogP contribution < -0.4 is 0 Å². The van der Waals surface area contributed by atoms with Gasteiger partial charge >= 0.3 is 0 Å². The van der Waals surface area contributed by atoms with Crippen LogP contribution in [0.2, 0.25) is 0 Å². The second-order valence-corrected chi connectivity index (χ2v) is 6.97. The van der Waals surface area contributed by atoms with Crippen molar-refractivity contribution in [1.82, 2.24) is 19.4 Å². The Hall–Kier alpha value is -2.73. The number of para-hydroxylation sites is 2. The Bertz CT molecular complexity index is 922. The summed E-state index contributed by atoms with van der Waals surface area (Å²) in [5.41, 5.74) is 2.85. The maximum absolute atomic E-state index is 12.9. The van der Waals surface area contributed by atoms with Gasteiger partial charge in [0.2, 0.25) is 5.91 Å². The first-order valence-corrected chi connectivity index (χ1v) is 9.42. The number of hydrogen-bond donors (Lipinski definition) is 0. The summed E-state index contributed by atoms with van der Waals surface area (Å²) in [4.78, 5) is 23.6. The molecule has 0 unspecified atom stereocenters. The second-order valence-electron chi connectivity index (χ2n) is 6.97. The van der Waals surface area contributed by atoms with Gasteiger partial charge in [-0.3, -0.25) is 9.78 Å². The minimum absolute atomic E-state index is 0.0605. The molecule has 0 spiro atoms. The number of rotatable bonds is 5. The van der Waals surface area contributed by atoms with E-state index in [2.05, 4.69) is 9.97 Å². The maximum atomic E-state index is 12.9. The fourth-order valence-corrected chi connectivity index (χ4v) is 3.62. The molecule has 3 heterocycles. The molecule has 6 heteroatoms. The van der Waals surface area contributed by atoms with Gasteiger partial charge in [0.05, 0.1) is 29.4 Å². The van der Waals surface area contributed by atoms with E-state index in [1.807, 2.05) is 58.9 Å². The van der Waals surface area contributed by atoms with Gasteiger partial charge in [0.15, 0.2) is 0 Å². The monoisotopic (exact) mass is 364 g/mol. The highest BCUT2D eigenvalue weighted by Crippen LogP contribution is 2.18. The lowest BCUT2D eigenvalue weighted by Gasteiger charge is -2.33. The molecule has 1 fully saturated rings. The van der Waals surface area contributed by atoms with E-state index in [-0.39, 0.29) is 12.0 Å². The first-order valence-electron chi connectivity index (χ1n) is 9.42. The van der Waals surface area contributed by atoms with E-state index in [0.29, 0.717) is 19.7 Å². The van der Waals surface area contributed by atoms with E-state index in [1.165, 1.54) is 0 Å². The highest BCUT2D eigenvalue weighted by atomic mass is 16.5. The van der Waals surface area contributed by atoms with Crippen LogP contribution in [0.5, 0.6) is 0 Å². The van der Waals surface area contributed by atoms with Gasteiger partial charge in [-0.05, 0) is 44.0 Å². The van der Waals surface area contributed by atoms with E-state index in [0.717, 1.165) is 41.9 Å². The van der Waals surface area contributed by atoms with Crippen LogP contribution in [0.4, 0.5) is 0 Å². The summed E-state index contributed by atoms with van der Waals surface area (Å²) in [7, 11) is 0. The summed E-state index contributed by atoms with van der Waals surface area (Å²) in [5.74, 6) is 0.983. The van der Waals surface area contributed by atoms with Crippen molar-refractivity contribution < 1.29 is 9.53 Å². The van der Waals surface area contributed by atoms with Gasteiger partial charge in [-0.2, -0.15) is 0 Å². The first-order chi connectivity index (χ1) is 13.2. The van der Waals surface area contributed by atoms with Crippen molar-refractivity contribution >= 4 is 16.9 Å². The van der Waals surface area contributed by atoms with E-state index in [9.17, 15) is 4.79 Å². The molecule has 0 saturated carbocycles. The molecule has 1 atom stereocenters. The number of hydrogen-bond acceptors (Lipinski definition) is 4. The zero-order valence-electron chi connectivity index (χ0n) is 15.5. The van der Waals surface area contributed by atoms with Crippen LogP contribution >= 0.6 is 0 Å². The summed E-state index contributed by atoms with van der Waals surface area (Å²) in [6, 6.07) is 13.7. The smallest absolute Gasteiger partial charge is 0.242 e. The number of aryl methyl sites for hydroxylation is 1. The molecule has 6 nitrogen and oxygen atoms in total. The predicted molar refractivity (Wildman–Crippen MR) is 103 cm³/mol. The molecule has 27 heavy (non-hydrogen) atoms. The molecule has 2 aromatic heterocycles. The lowest BCUT2D eigenvalue weighted by atomic mass is 10.1. The summed E-state index contributed by atoms with van der Waals surface area (Å²) in [5, 5.41) is 0. The molecule has 1 aromatic carbocycles. The number of carbonyl (C=O) groups is 1. The number of likely N-dealkylation sites (tertiary alicyclic amines) is 1. The SMILES string of the molecule is Cc1nc2ccccc2n1CC(=O)N1CCC[C@@H](OCc2ccccn2)C1. The molecule has 0 aliphatic carbocycles. The number of piperidine rings is 1. The molecule has 3 aromatic rings. The number of carbonyl (C=O) groups excluding carboxylic acids is 1. The Morgan fingerprint density at radius 3 is 2.93 bits per heavy atom. The Morgan fingerprint density at radius 1 is 1.22 bits per heavy atom. The Labute approximate surface area is 158 Å². The lowest BCUT2D eigenvalue weighted by Crippen LogP contribution is -2.44. The van der Waals surface area contributed by atoms with Crippen molar-refractivity contribution in [3.63, 3.8) is 0 Å². The van der Waals surface area contributed by atoms with Gasteiger partial charge in [-0.15, -0.1) is 0 Å². The number of nitrogens with zero attached hydrogens (tertiary/aromatic N) is 4. The summed E-state index contributed by atoms with van der Waals surface area (Å²) < 4.78 is 8.00. The standard InChI is InChI=1S/C21H24N4O2/c1-16-23-19-9-2-3-10-20(19)25(16)14-21(26)24-12-6-8-18(13-24)27-15-17-7-4-5-11-22-17/h2-5,7,9-11,18H,6,8,12-15H2,1H3/t18-/m1/s1. The zero-order chi connectivity index (χ0) is 18.6. The van der Waals surface area contributed by atoms with Crippen LogP contribution in [0.1, 0.15) is 24.4 Å². The van der Waals surface area contributed by atoms with Gasteiger partial charge in [0.25, 0.3) is 0 Å². The number of ether oxygens (including phenoxy) is 1. The van der Waals surface area contributed by atoms with Gasteiger partial charge in [-0.25, -0.2) is 4.98 Å². The Kier molecular flexibility index (Phi) is 5.16. The van der Waals surface area contributed by atoms with Crippen LogP contribution in [-0.2, 0) is 22.7 Å². The summed E-state index contributed by atoms with van der Waals surface area (Å²) >= 11 is 0. The molecule has 1 aliphatic heterocycles. The Balaban J connectivity index is 1.39. The van der Waals surface area contributed by atoms with Gasteiger partial charge in [0, 0.05) is 19.3 Å². The van der Waals surface area contributed by atoms with Crippen molar-refractivity contribution in [3.05, 3.63) is 60.2 Å². The fourth-order valence-electron chi connectivity index (χ4n) is 3.62. The number of aromatic nitrogens is 3. The van der Waals surface area contributed by atoms with Crippen LogP contribution in [0, 0.1) is 6.92 Å². The van der Waals surface area contributed by atoms with Gasteiger partial charge in [-0.1, -0.05) is 18.2 Å². The second kappa shape index (κ2) is 7.88. The number of fused-ring (bicyclic) bond motifs is 1. The average molecular weight is 364 g/mol. The molecular weight excluding hydrogens is 340 g/mol. The molecule has 0 bridgehead atoms. The zero-order valence-corrected chi connectivity index (χ0v) is 15.5. The van der Waals surface area contributed by atoms with Gasteiger partial charge < -0.3 is 14.2 Å². The van der Waals surface area contributed by atoms with Crippen molar-refractivity contribution in [3.8, 4) is 0 Å². The minimum Gasteiger partial charge on any atom is -0.370 e.